The van der Waals surface area contributed by atoms with Gasteiger partial charge in [-0.1, -0.05) is 11.6 Å². The average molecular weight is 436 g/mol. The molecule has 4 aromatic rings. The second-order valence-corrected chi connectivity index (χ2v) is 6.72. The van der Waals surface area contributed by atoms with Crippen LogP contribution in [-0.2, 0) is 0 Å². The minimum absolute atomic E-state index is 0.205. The van der Waals surface area contributed by atoms with Crippen LogP contribution >= 0.6 is 11.6 Å². The van der Waals surface area contributed by atoms with Gasteiger partial charge in [-0.05, 0) is 42.5 Å². The summed E-state index contributed by atoms with van der Waals surface area (Å²) >= 11 is 6.12. The Morgan fingerprint density at radius 3 is 2.17 bits per heavy atom. The Kier molecular flexibility index (Phi) is 4.95. The third-order valence-electron chi connectivity index (χ3n) is 4.33. The lowest BCUT2D eigenvalue weighted by molar-refractivity contribution is -0.274. The van der Waals surface area contributed by atoms with Crippen molar-refractivity contribution in [2.75, 3.05) is 7.11 Å². The monoisotopic (exact) mass is 435 g/mol. The van der Waals surface area contributed by atoms with Crippen molar-refractivity contribution in [2.45, 2.75) is 6.36 Å². The highest BCUT2D eigenvalue weighted by molar-refractivity contribution is 6.32. The van der Waals surface area contributed by atoms with Crippen LogP contribution in [0.25, 0.3) is 21.8 Å². The predicted molar refractivity (Wildman–Crippen MR) is 107 cm³/mol. The molecule has 9 heteroatoms. The highest BCUT2D eigenvalue weighted by Gasteiger charge is 2.31. The van der Waals surface area contributed by atoms with Crippen LogP contribution in [0.15, 0.2) is 59.4 Å². The molecule has 5 nitrogen and oxygen atoms in total. The van der Waals surface area contributed by atoms with Gasteiger partial charge >= 0.3 is 6.36 Å². The van der Waals surface area contributed by atoms with Crippen LogP contribution in [0.1, 0.15) is 0 Å². The van der Waals surface area contributed by atoms with E-state index in [1.807, 2.05) is 0 Å². The number of hydrogen-bond acceptors (Lipinski definition) is 4. The third kappa shape index (κ3) is 3.99. The molecule has 0 amide bonds. The molecule has 3 aromatic carbocycles. The fraction of sp³-hybridized carbons (Fsp3) is 0.0952. The van der Waals surface area contributed by atoms with Crippen LogP contribution in [0.2, 0.25) is 5.02 Å². The molecule has 0 saturated carbocycles. The summed E-state index contributed by atoms with van der Waals surface area (Å²) in [4.78, 5) is 15.9. The quantitative estimate of drug-likeness (QED) is 0.397. The first-order chi connectivity index (χ1) is 14.2. The number of aromatic nitrogens is 1. The van der Waals surface area contributed by atoms with Crippen molar-refractivity contribution >= 4 is 33.4 Å². The van der Waals surface area contributed by atoms with Gasteiger partial charge in [0.15, 0.2) is 5.43 Å². The van der Waals surface area contributed by atoms with E-state index >= 15 is 0 Å². The third-order valence-corrected chi connectivity index (χ3v) is 4.63. The zero-order valence-corrected chi connectivity index (χ0v) is 16.1. The molecule has 1 heterocycles. The summed E-state index contributed by atoms with van der Waals surface area (Å²) in [6.45, 7) is 0. The van der Waals surface area contributed by atoms with E-state index in [-0.39, 0.29) is 11.2 Å². The van der Waals surface area contributed by atoms with E-state index in [1.165, 1.54) is 19.2 Å². The standard InChI is InChI=1S/C21H13ClF3NO4/c1-28-19-10-18-15(9-16(19)22)20(27)14-7-6-13(8-17(14)26-18)29-11-2-4-12(5-3-11)30-21(23,24)25/h2-10H,1H3,(H,26,27). The number of methoxy groups -OCH3 is 1. The van der Waals surface area contributed by atoms with Crippen LogP contribution in [-0.4, -0.2) is 18.5 Å². The van der Waals surface area contributed by atoms with E-state index in [0.717, 1.165) is 12.1 Å². The molecular weight excluding hydrogens is 423 g/mol. The maximum atomic E-state index is 12.8. The van der Waals surface area contributed by atoms with Crippen molar-refractivity contribution < 1.29 is 27.4 Å². The Morgan fingerprint density at radius 1 is 0.867 bits per heavy atom. The number of halogens is 4. The van der Waals surface area contributed by atoms with Gasteiger partial charge in [-0.2, -0.15) is 0 Å². The number of pyridine rings is 1. The summed E-state index contributed by atoms with van der Waals surface area (Å²) in [5.74, 6) is 0.771. The molecule has 0 radical (unpaired) electrons. The number of hydrogen-bond donors (Lipinski definition) is 1. The molecule has 0 aliphatic carbocycles. The lowest BCUT2D eigenvalue weighted by Crippen LogP contribution is -2.16. The lowest BCUT2D eigenvalue weighted by atomic mass is 10.1. The summed E-state index contributed by atoms with van der Waals surface area (Å²) in [6.07, 6.45) is -4.76. The van der Waals surface area contributed by atoms with E-state index in [1.54, 1.807) is 30.3 Å². The number of alkyl halides is 3. The van der Waals surface area contributed by atoms with Gasteiger partial charge in [0.1, 0.15) is 23.0 Å². The van der Waals surface area contributed by atoms with Crippen LogP contribution in [0, 0.1) is 0 Å². The molecule has 30 heavy (non-hydrogen) atoms. The molecule has 0 fully saturated rings. The molecule has 0 aliphatic heterocycles. The second-order valence-electron chi connectivity index (χ2n) is 6.32. The van der Waals surface area contributed by atoms with Gasteiger partial charge in [0.25, 0.3) is 0 Å². The summed E-state index contributed by atoms with van der Waals surface area (Å²) in [7, 11) is 1.48. The maximum absolute atomic E-state index is 12.8. The van der Waals surface area contributed by atoms with E-state index in [4.69, 9.17) is 21.1 Å². The Hall–Kier alpha value is -3.39. The predicted octanol–water partition coefficient (Wildman–Crippen LogP) is 6.03. The Labute approximate surface area is 172 Å². The largest absolute Gasteiger partial charge is 0.573 e. The van der Waals surface area contributed by atoms with Gasteiger partial charge < -0.3 is 19.2 Å². The zero-order valence-electron chi connectivity index (χ0n) is 15.3. The topological polar surface area (TPSA) is 60.6 Å². The zero-order chi connectivity index (χ0) is 21.5. The van der Waals surface area contributed by atoms with Gasteiger partial charge in [0.2, 0.25) is 0 Å². The average Bonchev–Trinajstić information content (AvgIpc) is 2.69. The van der Waals surface area contributed by atoms with Crippen LogP contribution < -0.4 is 19.6 Å². The van der Waals surface area contributed by atoms with Crippen molar-refractivity contribution in [3.8, 4) is 23.0 Å². The molecule has 1 N–H and O–H groups in total. The van der Waals surface area contributed by atoms with Gasteiger partial charge in [-0.3, -0.25) is 4.79 Å². The van der Waals surface area contributed by atoms with Crippen molar-refractivity contribution in [1.82, 2.24) is 4.98 Å². The SMILES string of the molecule is COc1cc2[nH]c3cc(Oc4ccc(OC(F)(F)F)cc4)ccc3c(=O)c2cc1Cl. The fourth-order valence-corrected chi connectivity index (χ4v) is 3.27. The lowest BCUT2D eigenvalue weighted by Gasteiger charge is -2.11. The van der Waals surface area contributed by atoms with E-state index < -0.39 is 6.36 Å². The first-order valence-corrected chi connectivity index (χ1v) is 8.98. The Morgan fingerprint density at radius 2 is 1.50 bits per heavy atom. The van der Waals surface area contributed by atoms with E-state index in [0.29, 0.717) is 44.1 Å². The van der Waals surface area contributed by atoms with Gasteiger partial charge in [-0.25, -0.2) is 0 Å². The first kappa shape index (κ1) is 19.9. The minimum Gasteiger partial charge on any atom is -0.495 e. The molecular formula is C21H13ClF3NO4. The first-order valence-electron chi connectivity index (χ1n) is 8.60. The highest BCUT2D eigenvalue weighted by atomic mass is 35.5. The molecule has 0 aliphatic rings. The number of H-pyrrole nitrogens is 1. The number of benzene rings is 3. The summed E-state index contributed by atoms with van der Waals surface area (Å²) in [5, 5.41) is 1.18. The van der Waals surface area contributed by atoms with E-state index in [2.05, 4.69) is 9.72 Å². The molecule has 0 atom stereocenters. The highest BCUT2D eigenvalue weighted by Crippen LogP contribution is 2.31. The molecule has 4 rings (SSSR count). The summed E-state index contributed by atoms with van der Waals surface area (Å²) < 4.78 is 51.5. The normalized spacial score (nSPS) is 11.6. The molecule has 0 bridgehead atoms. The molecule has 1 aromatic heterocycles. The molecule has 0 unspecified atom stereocenters. The van der Waals surface area contributed by atoms with Crippen molar-refractivity contribution in [3.05, 3.63) is 69.8 Å². The Balaban J connectivity index is 1.68. The van der Waals surface area contributed by atoms with Crippen LogP contribution in [0.5, 0.6) is 23.0 Å². The van der Waals surface area contributed by atoms with Gasteiger partial charge in [-0.15, -0.1) is 13.2 Å². The number of fused-ring (bicyclic) bond motifs is 2. The second kappa shape index (κ2) is 7.46. The van der Waals surface area contributed by atoms with Gasteiger partial charge in [0.05, 0.1) is 23.2 Å². The number of ether oxygens (including phenoxy) is 3. The molecule has 0 saturated heterocycles. The number of rotatable bonds is 4. The maximum Gasteiger partial charge on any atom is 0.573 e. The Bertz CT molecular complexity index is 1300. The number of nitrogens with one attached hydrogen (secondary N) is 1. The van der Waals surface area contributed by atoms with Crippen LogP contribution in [0.3, 0.4) is 0 Å². The fourth-order valence-electron chi connectivity index (χ4n) is 3.02. The molecule has 0 spiro atoms. The summed E-state index contributed by atoms with van der Waals surface area (Å²) in [5.41, 5.74) is 0.856. The van der Waals surface area contributed by atoms with Crippen molar-refractivity contribution in [2.24, 2.45) is 0 Å². The smallest absolute Gasteiger partial charge is 0.495 e. The van der Waals surface area contributed by atoms with Crippen molar-refractivity contribution in [1.29, 1.82) is 0 Å². The van der Waals surface area contributed by atoms with Crippen molar-refractivity contribution in [3.63, 3.8) is 0 Å². The number of aromatic amines is 1. The minimum atomic E-state index is -4.76. The molecule has 154 valence electrons. The summed E-state index contributed by atoms with van der Waals surface area (Å²) in [6, 6.07) is 13.0. The van der Waals surface area contributed by atoms with Crippen LogP contribution in [0.4, 0.5) is 13.2 Å². The van der Waals surface area contributed by atoms with E-state index in [9.17, 15) is 18.0 Å². The van der Waals surface area contributed by atoms with Gasteiger partial charge in [0, 0.05) is 22.9 Å².